The maximum Gasteiger partial charge on any atom is 0.247 e. The smallest absolute Gasteiger partial charge is 0.247 e. The number of carbonyl (C=O) groups excluding carboxylic acids is 1. The molecule has 0 N–H and O–H groups in total. The normalized spacial score (nSPS) is 10.0. The first-order chi connectivity index (χ1) is 5.88. The highest BCUT2D eigenvalue weighted by molar-refractivity contribution is 7.07. The van der Waals surface area contributed by atoms with E-state index in [0.29, 0.717) is 11.5 Å². The van der Waals surface area contributed by atoms with Gasteiger partial charge in [-0.2, -0.15) is 0 Å². The van der Waals surface area contributed by atoms with Crippen LogP contribution in [0.15, 0.2) is 33.7 Å². The number of hydrogen-bond acceptors (Lipinski definition) is 4. The Balaban J connectivity index is 2.34. The Morgan fingerprint density at radius 2 is 2.50 bits per heavy atom. The van der Waals surface area contributed by atoms with Gasteiger partial charge in [-0.15, -0.1) is 11.3 Å². The Kier molecular flexibility index (Phi) is 1.75. The van der Waals surface area contributed by atoms with E-state index in [1.807, 2.05) is 0 Å². The molecular weight excluding hydrogens is 174 g/mol. The van der Waals surface area contributed by atoms with E-state index in [1.165, 1.54) is 17.6 Å². The van der Waals surface area contributed by atoms with Crippen molar-refractivity contribution >= 4 is 17.1 Å². The van der Waals surface area contributed by atoms with Crippen molar-refractivity contribution in [2.45, 2.75) is 0 Å². The van der Waals surface area contributed by atoms with E-state index in [1.54, 1.807) is 23.0 Å². The molecule has 2 heterocycles. The zero-order valence-corrected chi connectivity index (χ0v) is 6.88. The highest BCUT2D eigenvalue weighted by Gasteiger charge is 2.12. The SMILES string of the molecule is O=C(c1cscn1)c1ccco1. The van der Waals surface area contributed by atoms with Crippen LogP contribution in [0.3, 0.4) is 0 Å². The van der Waals surface area contributed by atoms with E-state index >= 15 is 0 Å². The number of hydrogen-bond donors (Lipinski definition) is 0. The van der Waals surface area contributed by atoms with Gasteiger partial charge in [0, 0.05) is 5.38 Å². The van der Waals surface area contributed by atoms with Crippen molar-refractivity contribution in [1.29, 1.82) is 0 Å². The minimum Gasteiger partial charge on any atom is -0.461 e. The van der Waals surface area contributed by atoms with E-state index in [0.717, 1.165) is 0 Å². The molecule has 2 aromatic rings. The summed E-state index contributed by atoms with van der Waals surface area (Å²) in [4.78, 5) is 15.3. The van der Waals surface area contributed by atoms with Crippen molar-refractivity contribution < 1.29 is 9.21 Å². The van der Waals surface area contributed by atoms with Gasteiger partial charge in [0.05, 0.1) is 11.8 Å². The maximum atomic E-state index is 11.4. The summed E-state index contributed by atoms with van der Waals surface area (Å²) in [7, 11) is 0. The van der Waals surface area contributed by atoms with Gasteiger partial charge >= 0.3 is 0 Å². The number of ketones is 1. The predicted molar refractivity (Wildman–Crippen MR) is 44.3 cm³/mol. The van der Waals surface area contributed by atoms with Crippen molar-refractivity contribution in [1.82, 2.24) is 4.98 Å². The minimum atomic E-state index is -0.166. The first-order valence-electron chi connectivity index (χ1n) is 3.34. The van der Waals surface area contributed by atoms with Crippen LogP contribution in [0.5, 0.6) is 0 Å². The Morgan fingerprint density at radius 3 is 3.08 bits per heavy atom. The number of nitrogens with zero attached hydrogens (tertiary/aromatic N) is 1. The second-order valence-corrected chi connectivity index (χ2v) is 2.90. The molecule has 0 saturated carbocycles. The number of aromatic nitrogens is 1. The number of furan rings is 1. The fourth-order valence-electron chi connectivity index (χ4n) is 0.859. The van der Waals surface area contributed by atoms with Gasteiger partial charge in [-0.05, 0) is 12.1 Å². The van der Waals surface area contributed by atoms with Gasteiger partial charge in [0.2, 0.25) is 5.78 Å². The molecule has 0 fully saturated rings. The fraction of sp³-hybridized carbons (Fsp3) is 0. The van der Waals surface area contributed by atoms with Crippen molar-refractivity contribution in [2.24, 2.45) is 0 Å². The summed E-state index contributed by atoms with van der Waals surface area (Å²) >= 11 is 1.39. The Hall–Kier alpha value is -1.42. The quantitative estimate of drug-likeness (QED) is 0.662. The van der Waals surface area contributed by atoms with Crippen molar-refractivity contribution in [3.63, 3.8) is 0 Å². The summed E-state index contributed by atoms with van der Waals surface area (Å²) in [6.07, 6.45) is 1.47. The molecule has 0 atom stereocenters. The van der Waals surface area contributed by atoms with E-state index in [4.69, 9.17) is 4.42 Å². The second kappa shape index (κ2) is 2.91. The Labute approximate surface area is 72.7 Å². The number of thiazole rings is 1. The molecule has 0 amide bonds. The van der Waals surface area contributed by atoms with Gasteiger partial charge in [0.15, 0.2) is 5.76 Å². The molecule has 0 aliphatic heterocycles. The zero-order chi connectivity index (χ0) is 8.39. The van der Waals surface area contributed by atoms with Crippen LogP contribution in [0.1, 0.15) is 16.2 Å². The summed E-state index contributed by atoms with van der Waals surface area (Å²) < 4.78 is 4.93. The second-order valence-electron chi connectivity index (χ2n) is 2.18. The number of carbonyl (C=O) groups is 1. The summed E-state index contributed by atoms with van der Waals surface area (Å²) in [6.45, 7) is 0. The van der Waals surface area contributed by atoms with Crippen LogP contribution in [0.4, 0.5) is 0 Å². The molecule has 0 saturated heterocycles. The molecule has 12 heavy (non-hydrogen) atoms. The Morgan fingerprint density at radius 1 is 1.58 bits per heavy atom. The molecule has 0 aliphatic carbocycles. The molecule has 2 aromatic heterocycles. The molecular formula is C8H5NO2S. The molecule has 3 nitrogen and oxygen atoms in total. The fourth-order valence-corrected chi connectivity index (χ4v) is 1.39. The predicted octanol–water partition coefficient (Wildman–Crippen LogP) is 1.97. The molecule has 0 radical (unpaired) electrons. The van der Waals surface area contributed by atoms with Gasteiger partial charge in [0.25, 0.3) is 0 Å². The average molecular weight is 179 g/mol. The van der Waals surface area contributed by atoms with E-state index in [-0.39, 0.29) is 5.78 Å². The maximum absolute atomic E-state index is 11.4. The molecule has 0 aromatic carbocycles. The van der Waals surface area contributed by atoms with Crippen molar-refractivity contribution in [3.8, 4) is 0 Å². The average Bonchev–Trinajstić information content (AvgIpc) is 2.77. The third kappa shape index (κ3) is 1.16. The van der Waals surface area contributed by atoms with E-state index in [2.05, 4.69) is 4.98 Å². The van der Waals surface area contributed by atoms with Crippen LogP contribution in [0.2, 0.25) is 0 Å². The third-order valence-corrected chi connectivity index (χ3v) is 2.00. The summed E-state index contributed by atoms with van der Waals surface area (Å²) in [5.74, 6) is 0.169. The molecule has 0 bridgehead atoms. The molecule has 0 spiro atoms. The van der Waals surface area contributed by atoms with Crippen molar-refractivity contribution in [3.05, 3.63) is 40.7 Å². The molecule has 0 aliphatic rings. The highest BCUT2D eigenvalue weighted by Crippen LogP contribution is 2.09. The molecule has 0 unspecified atom stereocenters. The molecule has 2 rings (SSSR count). The standard InChI is InChI=1S/C8H5NO2S/c10-8(6-4-12-5-9-6)7-2-1-3-11-7/h1-5H. The van der Waals surface area contributed by atoms with Crippen LogP contribution in [0, 0.1) is 0 Å². The third-order valence-electron chi connectivity index (χ3n) is 1.41. The summed E-state index contributed by atoms with van der Waals surface area (Å²) in [5.41, 5.74) is 2.06. The van der Waals surface area contributed by atoms with Crippen LogP contribution in [0.25, 0.3) is 0 Å². The lowest BCUT2D eigenvalue weighted by Crippen LogP contribution is -1.98. The monoisotopic (exact) mass is 179 g/mol. The van der Waals surface area contributed by atoms with Crippen LogP contribution in [-0.4, -0.2) is 10.8 Å². The number of rotatable bonds is 2. The van der Waals surface area contributed by atoms with Gasteiger partial charge < -0.3 is 4.42 Å². The van der Waals surface area contributed by atoms with Gasteiger partial charge in [0.1, 0.15) is 5.69 Å². The summed E-state index contributed by atoms with van der Waals surface area (Å²) in [6, 6.07) is 3.31. The summed E-state index contributed by atoms with van der Waals surface area (Å²) in [5, 5.41) is 1.70. The molecule has 4 heteroatoms. The van der Waals surface area contributed by atoms with E-state index in [9.17, 15) is 4.79 Å². The first kappa shape index (κ1) is 7.24. The lowest BCUT2D eigenvalue weighted by Gasteiger charge is -1.88. The van der Waals surface area contributed by atoms with Crippen LogP contribution < -0.4 is 0 Å². The van der Waals surface area contributed by atoms with E-state index < -0.39 is 0 Å². The largest absolute Gasteiger partial charge is 0.461 e. The molecule has 60 valence electrons. The first-order valence-corrected chi connectivity index (χ1v) is 4.28. The topological polar surface area (TPSA) is 43.1 Å². The minimum absolute atomic E-state index is 0.166. The highest BCUT2D eigenvalue weighted by atomic mass is 32.1. The zero-order valence-electron chi connectivity index (χ0n) is 6.06. The van der Waals surface area contributed by atoms with Gasteiger partial charge in [-0.25, -0.2) is 4.98 Å². The Bertz CT molecular complexity index is 327. The van der Waals surface area contributed by atoms with Crippen molar-refractivity contribution in [2.75, 3.05) is 0 Å². The van der Waals surface area contributed by atoms with Gasteiger partial charge in [-0.1, -0.05) is 0 Å². The van der Waals surface area contributed by atoms with Crippen LogP contribution >= 0.6 is 11.3 Å². The van der Waals surface area contributed by atoms with Gasteiger partial charge in [-0.3, -0.25) is 4.79 Å². The lowest BCUT2D eigenvalue weighted by atomic mass is 10.2. The van der Waals surface area contributed by atoms with Crippen LogP contribution in [-0.2, 0) is 0 Å². The lowest BCUT2D eigenvalue weighted by molar-refractivity contribution is 0.100.